The number of nitrogens with zero attached hydrogens (tertiary/aromatic N) is 1. The third-order valence-electron chi connectivity index (χ3n) is 2.59. The van der Waals surface area contributed by atoms with E-state index in [1.54, 1.807) is 18.2 Å². The highest BCUT2D eigenvalue weighted by Crippen LogP contribution is 2.36. The second-order valence-electron chi connectivity index (χ2n) is 3.88. The topological polar surface area (TPSA) is 42.4 Å². The van der Waals surface area contributed by atoms with Crippen molar-refractivity contribution in [1.29, 1.82) is 0 Å². The third-order valence-corrected chi connectivity index (χ3v) is 3.10. The second kappa shape index (κ2) is 6.24. The molecule has 0 saturated carbocycles. The van der Waals surface area contributed by atoms with E-state index in [1.165, 1.54) is 0 Å². The van der Waals surface area contributed by atoms with Gasteiger partial charge in [-0.3, -0.25) is 0 Å². The van der Waals surface area contributed by atoms with Crippen LogP contribution in [-0.2, 0) is 6.61 Å². The van der Waals surface area contributed by atoms with Crippen LogP contribution < -0.4 is 4.74 Å². The zero-order valence-electron chi connectivity index (χ0n) is 10.4. The van der Waals surface area contributed by atoms with Crippen LogP contribution in [0.3, 0.4) is 0 Å². The number of pyridine rings is 1. The lowest BCUT2D eigenvalue weighted by molar-refractivity contribution is 0.276. The van der Waals surface area contributed by atoms with Gasteiger partial charge in [-0.05, 0) is 30.7 Å². The molecule has 1 heterocycles. The van der Waals surface area contributed by atoms with E-state index in [4.69, 9.17) is 27.9 Å². The van der Waals surface area contributed by atoms with Crippen molar-refractivity contribution in [3.8, 4) is 16.9 Å². The first kappa shape index (κ1) is 14.1. The summed E-state index contributed by atoms with van der Waals surface area (Å²) in [4.78, 5) is 4.08. The molecule has 1 aromatic carbocycles. The summed E-state index contributed by atoms with van der Waals surface area (Å²) in [6.07, 6.45) is 0. The first-order valence-electron chi connectivity index (χ1n) is 5.84. The number of halogens is 2. The molecule has 0 fully saturated rings. The van der Waals surface area contributed by atoms with Gasteiger partial charge < -0.3 is 9.84 Å². The average Bonchev–Trinajstić information content (AvgIpc) is 2.42. The molecule has 0 unspecified atom stereocenters. The molecule has 2 rings (SSSR count). The van der Waals surface area contributed by atoms with Crippen LogP contribution in [0.4, 0.5) is 0 Å². The Morgan fingerprint density at radius 1 is 1.21 bits per heavy atom. The van der Waals surface area contributed by atoms with Crippen LogP contribution in [0.25, 0.3) is 11.1 Å². The smallest absolute Gasteiger partial charge is 0.172 e. The molecule has 1 aromatic heterocycles. The largest absolute Gasteiger partial charge is 0.490 e. The first-order valence-corrected chi connectivity index (χ1v) is 6.60. The Labute approximate surface area is 121 Å². The Morgan fingerprint density at radius 2 is 1.89 bits per heavy atom. The van der Waals surface area contributed by atoms with Crippen molar-refractivity contribution in [2.24, 2.45) is 0 Å². The van der Waals surface area contributed by atoms with Gasteiger partial charge in [0.1, 0.15) is 0 Å². The molecule has 0 spiro atoms. The number of aliphatic hydroxyl groups is 1. The van der Waals surface area contributed by atoms with E-state index in [0.29, 0.717) is 23.1 Å². The molecule has 0 aliphatic rings. The highest BCUT2D eigenvalue weighted by molar-refractivity contribution is 6.31. The third kappa shape index (κ3) is 3.18. The summed E-state index contributed by atoms with van der Waals surface area (Å²) >= 11 is 12.0. The summed E-state index contributed by atoms with van der Waals surface area (Å²) in [6, 6.07) is 9.09. The van der Waals surface area contributed by atoms with Crippen LogP contribution in [0.2, 0.25) is 10.2 Å². The second-order valence-corrected chi connectivity index (χ2v) is 4.67. The maximum absolute atomic E-state index is 9.22. The fraction of sp³-hybridized carbons (Fsp3) is 0.214. The van der Waals surface area contributed by atoms with Crippen molar-refractivity contribution < 1.29 is 9.84 Å². The van der Waals surface area contributed by atoms with Crippen molar-refractivity contribution >= 4 is 23.2 Å². The van der Waals surface area contributed by atoms with Gasteiger partial charge in [0.05, 0.1) is 18.9 Å². The van der Waals surface area contributed by atoms with Crippen LogP contribution in [0.15, 0.2) is 30.3 Å². The lowest BCUT2D eigenvalue weighted by Gasteiger charge is -2.13. The van der Waals surface area contributed by atoms with Gasteiger partial charge >= 0.3 is 0 Å². The van der Waals surface area contributed by atoms with Gasteiger partial charge in [-0.25, -0.2) is 4.98 Å². The molecule has 19 heavy (non-hydrogen) atoms. The zero-order chi connectivity index (χ0) is 13.8. The number of benzene rings is 1. The number of hydrogen-bond donors (Lipinski definition) is 1. The van der Waals surface area contributed by atoms with Gasteiger partial charge in [0.2, 0.25) is 0 Å². The van der Waals surface area contributed by atoms with Gasteiger partial charge in [-0.15, -0.1) is 0 Å². The van der Waals surface area contributed by atoms with Crippen molar-refractivity contribution in [3.05, 3.63) is 46.2 Å². The summed E-state index contributed by atoms with van der Waals surface area (Å²) in [5, 5.41) is 10.1. The Hall–Kier alpha value is -1.29. The maximum atomic E-state index is 9.22. The monoisotopic (exact) mass is 297 g/mol. The fourth-order valence-corrected chi connectivity index (χ4v) is 2.15. The van der Waals surface area contributed by atoms with Gasteiger partial charge in [0.15, 0.2) is 10.9 Å². The Bertz CT molecular complexity index is 570. The molecule has 3 nitrogen and oxygen atoms in total. The summed E-state index contributed by atoms with van der Waals surface area (Å²) in [5.74, 6) is 0.517. The molecule has 0 atom stereocenters. The molecule has 2 aromatic rings. The molecule has 0 aliphatic heterocycles. The van der Waals surface area contributed by atoms with E-state index in [9.17, 15) is 5.11 Å². The number of ether oxygens (including phenoxy) is 1. The fourth-order valence-electron chi connectivity index (χ4n) is 1.76. The number of hydrogen-bond acceptors (Lipinski definition) is 3. The average molecular weight is 298 g/mol. The van der Waals surface area contributed by atoms with E-state index >= 15 is 0 Å². The minimum Gasteiger partial charge on any atom is -0.490 e. The van der Waals surface area contributed by atoms with Gasteiger partial charge in [0, 0.05) is 10.6 Å². The number of aliphatic hydroxyl groups excluding tert-OH is 1. The van der Waals surface area contributed by atoms with E-state index in [1.807, 2.05) is 19.1 Å². The Kier molecular flexibility index (Phi) is 4.64. The zero-order valence-corrected chi connectivity index (χ0v) is 11.9. The summed E-state index contributed by atoms with van der Waals surface area (Å²) in [5.41, 5.74) is 2.20. The van der Waals surface area contributed by atoms with Crippen LogP contribution in [0, 0.1) is 0 Å². The van der Waals surface area contributed by atoms with E-state index in [-0.39, 0.29) is 11.8 Å². The highest BCUT2D eigenvalue weighted by Gasteiger charge is 2.14. The molecule has 0 radical (unpaired) electrons. The Morgan fingerprint density at radius 3 is 2.47 bits per heavy atom. The van der Waals surface area contributed by atoms with Crippen LogP contribution >= 0.6 is 23.2 Å². The van der Waals surface area contributed by atoms with Crippen LogP contribution in [0.5, 0.6) is 5.75 Å². The van der Waals surface area contributed by atoms with Gasteiger partial charge in [0.25, 0.3) is 0 Å². The van der Waals surface area contributed by atoms with E-state index in [2.05, 4.69) is 4.98 Å². The van der Waals surface area contributed by atoms with Crippen LogP contribution in [0.1, 0.15) is 12.6 Å². The standard InChI is InChI=1S/C14H13Cl2NO2/c1-2-19-13-12(7-11(8-18)17-14(13)16)9-3-5-10(15)6-4-9/h3-7,18H,2,8H2,1H3. The van der Waals surface area contributed by atoms with Gasteiger partial charge in [-0.1, -0.05) is 35.3 Å². The molecular formula is C14H13Cl2NO2. The van der Waals surface area contributed by atoms with Crippen molar-refractivity contribution in [2.75, 3.05) is 6.61 Å². The quantitative estimate of drug-likeness (QED) is 0.869. The number of aromatic nitrogens is 1. The molecule has 0 aliphatic carbocycles. The summed E-state index contributed by atoms with van der Waals surface area (Å²) in [7, 11) is 0. The minimum absolute atomic E-state index is 0.174. The SMILES string of the molecule is CCOc1c(-c2ccc(Cl)cc2)cc(CO)nc1Cl. The Balaban J connectivity index is 2.58. The molecule has 1 N–H and O–H groups in total. The number of rotatable bonds is 4. The van der Waals surface area contributed by atoms with Crippen molar-refractivity contribution in [1.82, 2.24) is 4.98 Å². The molecule has 5 heteroatoms. The highest BCUT2D eigenvalue weighted by atomic mass is 35.5. The minimum atomic E-state index is -0.174. The molecular weight excluding hydrogens is 285 g/mol. The maximum Gasteiger partial charge on any atom is 0.172 e. The van der Waals surface area contributed by atoms with Crippen molar-refractivity contribution in [2.45, 2.75) is 13.5 Å². The normalized spacial score (nSPS) is 10.5. The first-order chi connectivity index (χ1) is 9.15. The summed E-state index contributed by atoms with van der Waals surface area (Å²) < 4.78 is 5.54. The van der Waals surface area contributed by atoms with E-state index in [0.717, 1.165) is 11.1 Å². The molecule has 100 valence electrons. The predicted octanol–water partition coefficient (Wildman–Crippen LogP) is 3.95. The van der Waals surface area contributed by atoms with Gasteiger partial charge in [-0.2, -0.15) is 0 Å². The summed E-state index contributed by atoms with van der Waals surface area (Å²) in [6.45, 7) is 2.19. The predicted molar refractivity (Wildman–Crippen MR) is 76.8 cm³/mol. The van der Waals surface area contributed by atoms with E-state index < -0.39 is 0 Å². The lowest BCUT2D eigenvalue weighted by atomic mass is 10.1. The molecule has 0 bridgehead atoms. The molecule has 0 saturated heterocycles. The van der Waals surface area contributed by atoms with Crippen molar-refractivity contribution in [3.63, 3.8) is 0 Å². The molecule has 0 amide bonds. The lowest BCUT2D eigenvalue weighted by Crippen LogP contribution is -1.99. The van der Waals surface area contributed by atoms with Crippen LogP contribution in [-0.4, -0.2) is 16.7 Å².